The van der Waals surface area contributed by atoms with Gasteiger partial charge in [0, 0.05) is 25.5 Å². The first-order valence-electron chi connectivity index (χ1n) is 7.37. The maximum Gasteiger partial charge on any atom is 0.251 e. The Balaban J connectivity index is 1.61. The van der Waals surface area contributed by atoms with Crippen molar-refractivity contribution >= 4 is 22.8 Å². The van der Waals surface area contributed by atoms with Gasteiger partial charge in [0.05, 0.1) is 23.2 Å². The molecule has 2 N–H and O–H groups in total. The molecule has 8 nitrogen and oxygen atoms in total. The van der Waals surface area contributed by atoms with Gasteiger partial charge in [-0.1, -0.05) is 0 Å². The standard InChI is InChI=1S/C15H15N7O/c16-13(23)10-6-20-22(7-10)11-3-5-21(8-11)15-12-2-1-4-17-14(12)18-9-19-15/h1-2,4,6-7,9,11H,3,5,8H2,(H2,16,23). The third-order valence-corrected chi connectivity index (χ3v) is 4.11. The molecule has 4 rings (SSSR count). The van der Waals surface area contributed by atoms with Crippen LogP contribution in [0.15, 0.2) is 37.1 Å². The molecule has 0 spiro atoms. The van der Waals surface area contributed by atoms with E-state index in [1.54, 1.807) is 12.4 Å². The van der Waals surface area contributed by atoms with E-state index < -0.39 is 5.91 Å². The van der Waals surface area contributed by atoms with E-state index in [1.165, 1.54) is 12.5 Å². The Hall–Kier alpha value is -3.03. The number of anilines is 1. The van der Waals surface area contributed by atoms with E-state index in [0.717, 1.165) is 30.7 Å². The van der Waals surface area contributed by atoms with Gasteiger partial charge >= 0.3 is 0 Å². The van der Waals surface area contributed by atoms with Gasteiger partial charge in [0.2, 0.25) is 0 Å². The minimum absolute atomic E-state index is 0.185. The second-order valence-corrected chi connectivity index (χ2v) is 5.53. The summed E-state index contributed by atoms with van der Waals surface area (Å²) in [6.07, 6.45) is 7.40. The normalized spacial score (nSPS) is 17.7. The summed E-state index contributed by atoms with van der Waals surface area (Å²) in [5.41, 5.74) is 6.40. The zero-order valence-corrected chi connectivity index (χ0v) is 12.3. The Bertz CT molecular complexity index is 870. The zero-order chi connectivity index (χ0) is 15.8. The monoisotopic (exact) mass is 309 g/mol. The first-order valence-corrected chi connectivity index (χ1v) is 7.37. The van der Waals surface area contributed by atoms with Crippen LogP contribution in [0, 0.1) is 0 Å². The van der Waals surface area contributed by atoms with E-state index >= 15 is 0 Å². The van der Waals surface area contributed by atoms with Crippen LogP contribution in [0.25, 0.3) is 11.0 Å². The van der Waals surface area contributed by atoms with E-state index in [2.05, 4.69) is 25.0 Å². The summed E-state index contributed by atoms with van der Waals surface area (Å²) in [6, 6.07) is 4.05. The smallest absolute Gasteiger partial charge is 0.251 e. The summed E-state index contributed by atoms with van der Waals surface area (Å²) in [5, 5.41) is 5.19. The van der Waals surface area contributed by atoms with Gasteiger partial charge < -0.3 is 10.6 Å². The van der Waals surface area contributed by atoms with Crippen molar-refractivity contribution in [1.82, 2.24) is 24.7 Å². The maximum atomic E-state index is 11.2. The van der Waals surface area contributed by atoms with E-state index in [9.17, 15) is 4.79 Å². The molecule has 1 fully saturated rings. The van der Waals surface area contributed by atoms with Crippen LogP contribution in [-0.2, 0) is 0 Å². The van der Waals surface area contributed by atoms with Crippen LogP contribution < -0.4 is 10.6 Å². The molecule has 1 amide bonds. The second kappa shape index (κ2) is 5.31. The van der Waals surface area contributed by atoms with Crippen LogP contribution in [0.2, 0.25) is 0 Å². The van der Waals surface area contributed by atoms with Gasteiger partial charge in [-0.05, 0) is 18.6 Å². The predicted molar refractivity (Wildman–Crippen MR) is 83.9 cm³/mol. The molecule has 0 bridgehead atoms. The number of carbonyl (C=O) groups excluding carboxylic acids is 1. The number of hydrogen-bond donors (Lipinski definition) is 1. The Morgan fingerprint density at radius 1 is 1.30 bits per heavy atom. The van der Waals surface area contributed by atoms with Crippen LogP contribution in [-0.4, -0.2) is 43.7 Å². The van der Waals surface area contributed by atoms with Crippen molar-refractivity contribution in [2.75, 3.05) is 18.0 Å². The van der Waals surface area contributed by atoms with E-state index in [1.807, 2.05) is 16.8 Å². The molecule has 1 unspecified atom stereocenters. The Morgan fingerprint density at radius 3 is 3.04 bits per heavy atom. The molecule has 8 heteroatoms. The number of fused-ring (bicyclic) bond motifs is 1. The molecule has 1 saturated heterocycles. The van der Waals surface area contributed by atoms with Crippen LogP contribution in [0.5, 0.6) is 0 Å². The largest absolute Gasteiger partial charge is 0.366 e. The first-order chi connectivity index (χ1) is 11.2. The number of amides is 1. The van der Waals surface area contributed by atoms with Crippen molar-refractivity contribution in [3.63, 3.8) is 0 Å². The third kappa shape index (κ3) is 2.37. The lowest BCUT2D eigenvalue weighted by atomic mass is 10.2. The highest BCUT2D eigenvalue weighted by molar-refractivity contribution is 5.92. The molecule has 0 aromatic carbocycles. The predicted octanol–water partition coefficient (Wildman–Crippen LogP) is 0.772. The van der Waals surface area contributed by atoms with Crippen LogP contribution in [0.4, 0.5) is 5.82 Å². The van der Waals surface area contributed by atoms with Crippen molar-refractivity contribution in [3.8, 4) is 0 Å². The van der Waals surface area contributed by atoms with Gasteiger partial charge in [-0.2, -0.15) is 5.10 Å². The number of nitrogens with zero attached hydrogens (tertiary/aromatic N) is 6. The van der Waals surface area contributed by atoms with Gasteiger partial charge in [-0.25, -0.2) is 15.0 Å². The zero-order valence-electron chi connectivity index (χ0n) is 12.3. The summed E-state index contributed by atoms with van der Waals surface area (Å²) < 4.78 is 1.81. The Kier molecular flexibility index (Phi) is 3.14. The van der Waals surface area contributed by atoms with E-state index in [4.69, 9.17) is 5.73 Å². The van der Waals surface area contributed by atoms with Gasteiger partial charge in [-0.3, -0.25) is 9.48 Å². The third-order valence-electron chi connectivity index (χ3n) is 4.11. The number of carbonyl (C=O) groups is 1. The van der Waals surface area contributed by atoms with Crippen molar-refractivity contribution in [3.05, 3.63) is 42.6 Å². The molecule has 1 atom stereocenters. The topological polar surface area (TPSA) is 103 Å². The van der Waals surface area contributed by atoms with E-state index in [-0.39, 0.29) is 6.04 Å². The number of aromatic nitrogens is 5. The molecule has 23 heavy (non-hydrogen) atoms. The second-order valence-electron chi connectivity index (χ2n) is 5.53. The molecule has 116 valence electrons. The van der Waals surface area contributed by atoms with Crippen molar-refractivity contribution in [1.29, 1.82) is 0 Å². The number of rotatable bonds is 3. The summed E-state index contributed by atoms with van der Waals surface area (Å²) in [5.74, 6) is 0.423. The van der Waals surface area contributed by atoms with Crippen molar-refractivity contribution in [2.45, 2.75) is 12.5 Å². The molecule has 1 aliphatic rings. The Labute approximate surface area is 132 Å². The number of nitrogens with two attached hydrogens (primary N) is 1. The number of hydrogen-bond acceptors (Lipinski definition) is 6. The maximum absolute atomic E-state index is 11.2. The van der Waals surface area contributed by atoms with Gasteiger partial charge in [0.1, 0.15) is 12.1 Å². The lowest BCUT2D eigenvalue weighted by molar-refractivity contribution is 0.1000. The van der Waals surface area contributed by atoms with E-state index in [0.29, 0.717) is 11.2 Å². The fourth-order valence-electron chi connectivity index (χ4n) is 2.95. The fraction of sp³-hybridized carbons (Fsp3) is 0.267. The first kappa shape index (κ1) is 13.6. The summed E-state index contributed by atoms with van der Waals surface area (Å²) in [4.78, 5) is 26.3. The molecule has 1 aliphatic heterocycles. The van der Waals surface area contributed by atoms with Crippen molar-refractivity contribution < 1.29 is 4.79 Å². The number of primary amides is 1. The molecule has 0 saturated carbocycles. The summed E-state index contributed by atoms with van der Waals surface area (Å²) >= 11 is 0. The quantitative estimate of drug-likeness (QED) is 0.766. The highest BCUT2D eigenvalue weighted by Gasteiger charge is 2.27. The summed E-state index contributed by atoms with van der Waals surface area (Å²) in [7, 11) is 0. The highest BCUT2D eigenvalue weighted by atomic mass is 16.1. The molecular formula is C15H15N7O. The summed E-state index contributed by atoms with van der Waals surface area (Å²) in [6.45, 7) is 1.62. The molecule has 0 aliphatic carbocycles. The minimum Gasteiger partial charge on any atom is -0.366 e. The molecular weight excluding hydrogens is 294 g/mol. The molecule has 3 aromatic rings. The van der Waals surface area contributed by atoms with Crippen LogP contribution in [0.3, 0.4) is 0 Å². The van der Waals surface area contributed by atoms with Gasteiger partial charge in [0.15, 0.2) is 5.65 Å². The SMILES string of the molecule is NC(=O)c1cnn(C2CCN(c3ncnc4ncccc34)C2)c1. The average Bonchev–Trinajstić information content (AvgIpc) is 3.23. The lowest BCUT2D eigenvalue weighted by Crippen LogP contribution is -2.22. The average molecular weight is 309 g/mol. The molecule has 0 radical (unpaired) electrons. The van der Waals surface area contributed by atoms with Crippen molar-refractivity contribution in [2.24, 2.45) is 5.73 Å². The number of pyridine rings is 1. The van der Waals surface area contributed by atoms with Gasteiger partial charge in [-0.15, -0.1) is 0 Å². The van der Waals surface area contributed by atoms with Crippen LogP contribution in [0.1, 0.15) is 22.8 Å². The van der Waals surface area contributed by atoms with Gasteiger partial charge in [0.25, 0.3) is 5.91 Å². The molecule has 3 aromatic heterocycles. The Morgan fingerprint density at radius 2 is 2.22 bits per heavy atom. The molecule has 4 heterocycles. The highest BCUT2D eigenvalue weighted by Crippen LogP contribution is 2.29. The lowest BCUT2D eigenvalue weighted by Gasteiger charge is -2.18. The fourth-order valence-corrected chi connectivity index (χ4v) is 2.95. The minimum atomic E-state index is -0.459. The van der Waals surface area contributed by atoms with Crippen LogP contribution >= 0.6 is 0 Å².